The van der Waals surface area contributed by atoms with Gasteiger partial charge in [0.1, 0.15) is 12.1 Å². The quantitative estimate of drug-likeness (QED) is 0.225. The van der Waals surface area contributed by atoms with Crippen molar-refractivity contribution in [3.63, 3.8) is 0 Å². The highest BCUT2D eigenvalue weighted by Gasteiger charge is 2.29. The van der Waals surface area contributed by atoms with Crippen LogP contribution >= 0.6 is 12.6 Å². The van der Waals surface area contributed by atoms with Crippen molar-refractivity contribution < 1.29 is 34.1 Å². The molecule has 0 aliphatic heterocycles. The van der Waals surface area contributed by atoms with Crippen LogP contribution in [0.15, 0.2) is 0 Å². The van der Waals surface area contributed by atoms with Gasteiger partial charge in [-0.25, -0.2) is 4.79 Å². The fourth-order valence-corrected chi connectivity index (χ4v) is 2.09. The number of amides is 2. The number of ether oxygens (including phenoxy) is 1. The summed E-state index contributed by atoms with van der Waals surface area (Å²) in [6, 6.07) is -3.36. The van der Waals surface area contributed by atoms with E-state index in [-0.39, 0.29) is 25.0 Å². The Bertz CT molecular complexity index is 489. The second kappa shape index (κ2) is 11.7. The highest BCUT2D eigenvalue weighted by molar-refractivity contribution is 7.80. The van der Waals surface area contributed by atoms with Crippen molar-refractivity contribution >= 4 is 36.4 Å². The number of thiol groups is 1. The zero-order valence-electron chi connectivity index (χ0n) is 14.1. The van der Waals surface area contributed by atoms with Gasteiger partial charge in [-0.1, -0.05) is 0 Å². The lowest BCUT2D eigenvalue weighted by Crippen LogP contribution is -2.55. The smallest absolute Gasteiger partial charge is 0.328 e. The van der Waals surface area contributed by atoms with E-state index in [9.17, 15) is 19.2 Å². The molecular weight excluding hydrogens is 354 g/mol. The number of hydrogen-bond acceptors (Lipinski definition) is 7. The predicted octanol–water partition coefficient (Wildman–Crippen LogP) is -1.41. The molecule has 0 aliphatic carbocycles. The van der Waals surface area contributed by atoms with Crippen molar-refractivity contribution in [1.29, 1.82) is 0 Å². The van der Waals surface area contributed by atoms with Crippen LogP contribution < -0.4 is 16.4 Å². The Hall–Kier alpha value is -1.85. The third kappa shape index (κ3) is 8.70. The molecule has 4 atom stereocenters. The van der Waals surface area contributed by atoms with Gasteiger partial charge in [0.15, 0.2) is 6.04 Å². The van der Waals surface area contributed by atoms with Gasteiger partial charge in [-0.15, -0.1) is 0 Å². The molecule has 25 heavy (non-hydrogen) atoms. The molecule has 0 bridgehead atoms. The Morgan fingerprint density at radius 3 is 2.20 bits per heavy atom. The van der Waals surface area contributed by atoms with Crippen LogP contribution in [0.1, 0.15) is 26.2 Å². The van der Waals surface area contributed by atoms with Crippen LogP contribution in [-0.4, -0.2) is 71.1 Å². The molecule has 0 spiro atoms. The average Bonchev–Trinajstić information content (AvgIpc) is 2.55. The zero-order valence-corrected chi connectivity index (χ0v) is 15.0. The van der Waals surface area contributed by atoms with E-state index in [4.69, 9.17) is 20.7 Å². The number of methoxy groups -OCH3 is 1. The van der Waals surface area contributed by atoms with Gasteiger partial charge in [-0.2, -0.15) is 12.6 Å². The Labute approximate surface area is 150 Å². The van der Waals surface area contributed by atoms with Gasteiger partial charge in [0.05, 0.1) is 6.10 Å². The van der Waals surface area contributed by atoms with E-state index in [0.717, 1.165) is 0 Å². The van der Waals surface area contributed by atoms with Crippen LogP contribution in [0, 0.1) is 0 Å². The van der Waals surface area contributed by atoms with E-state index in [1.807, 2.05) is 0 Å². The third-order valence-electron chi connectivity index (χ3n) is 3.48. The second-order valence-corrected chi connectivity index (χ2v) is 5.77. The maximum absolute atomic E-state index is 12.1. The first-order valence-electron chi connectivity index (χ1n) is 7.58. The molecule has 11 heteroatoms. The molecule has 0 aromatic carbocycles. The van der Waals surface area contributed by atoms with E-state index in [2.05, 4.69) is 23.3 Å². The molecular formula is C14H25N3O7S. The third-order valence-corrected chi connectivity index (χ3v) is 3.84. The molecule has 144 valence electrons. The molecule has 2 amide bonds. The summed E-state index contributed by atoms with van der Waals surface area (Å²) in [6.45, 7) is 1.49. The molecule has 0 unspecified atom stereocenters. The number of nitrogens with one attached hydrogen (secondary N) is 2. The molecule has 0 radical (unpaired) electrons. The van der Waals surface area contributed by atoms with E-state index >= 15 is 0 Å². The van der Waals surface area contributed by atoms with E-state index in [1.54, 1.807) is 0 Å². The molecule has 0 rings (SSSR count). The molecule has 10 nitrogen and oxygen atoms in total. The van der Waals surface area contributed by atoms with Gasteiger partial charge in [-0.05, 0) is 19.8 Å². The number of aliphatic carboxylic acids is 2. The van der Waals surface area contributed by atoms with E-state index in [0.29, 0.717) is 0 Å². The Morgan fingerprint density at radius 1 is 1.16 bits per heavy atom. The van der Waals surface area contributed by atoms with Crippen molar-refractivity contribution in [3.05, 3.63) is 0 Å². The highest BCUT2D eigenvalue weighted by atomic mass is 32.1. The minimum absolute atomic E-state index is 0.0185. The fourth-order valence-electron chi connectivity index (χ4n) is 1.84. The predicted molar refractivity (Wildman–Crippen MR) is 91.3 cm³/mol. The summed E-state index contributed by atoms with van der Waals surface area (Å²) in [4.78, 5) is 45.7. The standard InChI is InChI=1S/C14H25N3O7S/c1-7(24-2)11(14(22)23)17-12(19)9(6-25)16-10(18)5-3-4-8(15)13(20)21/h7-9,11,25H,3-6,15H2,1-2H3,(H,16,18)(H,17,19)(H,20,21)(H,22,23)/t7-,8-,9-,11+/m0/s1. The normalized spacial score (nSPS) is 15.5. The zero-order chi connectivity index (χ0) is 19.6. The maximum atomic E-state index is 12.1. The van der Waals surface area contributed by atoms with Gasteiger partial charge < -0.3 is 31.3 Å². The summed E-state index contributed by atoms with van der Waals surface area (Å²) in [5, 5.41) is 22.5. The Balaban J connectivity index is 4.55. The lowest BCUT2D eigenvalue weighted by molar-refractivity contribution is -0.145. The van der Waals surface area contributed by atoms with E-state index < -0.39 is 48.0 Å². The van der Waals surface area contributed by atoms with Gasteiger partial charge in [0.25, 0.3) is 0 Å². The number of carboxylic acid groups (broad SMARTS) is 2. The minimum Gasteiger partial charge on any atom is -0.480 e. The number of carboxylic acids is 2. The van der Waals surface area contributed by atoms with Crippen LogP contribution in [0.3, 0.4) is 0 Å². The summed E-state index contributed by atoms with van der Waals surface area (Å²) < 4.78 is 4.90. The first-order valence-corrected chi connectivity index (χ1v) is 8.21. The van der Waals surface area contributed by atoms with Crippen molar-refractivity contribution in [2.75, 3.05) is 12.9 Å². The molecule has 0 aliphatic rings. The summed E-state index contributed by atoms with van der Waals surface area (Å²) >= 11 is 3.98. The number of nitrogens with two attached hydrogens (primary N) is 1. The van der Waals surface area contributed by atoms with Crippen LogP contribution in [0.2, 0.25) is 0 Å². The van der Waals surface area contributed by atoms with Crippen LogP contribution in [-0.2, 0) is 23.9 Å². The van der Waals surface area contributed by atoms with Crippen molar-refractivity contribution in [3.8, 4) is 0 Å². The maximum Gasteiger partial charge on any atom is 0.328 e. The van der Waals surface area contributed by atoms with Crippen molar-refractivity contribution in [2.24, 2.45) is 5.73 Å². The Morgan fingerprint density at radius 2 is 1.76 bits per heavy atom. The number of rotatable bonds is 12. The van der Waals surface area contributed by atoms with Crippen LogP contribution in [0.25, 0.3) is 0 Å². The molecule has 0 aromatic heterocycles. The molecule has 0 saturated carbocycles. The SMILES string of the molecule is CO[C@@H](C)[C@@H](NC(=O)[C@H](CS)NC(=O)CCC[C@H](N)C(=O)O)C(=O)O. The van der Waals surface area contributed by atoms with Gasteiger partial charge >= 0.3 is 11.9 Å². The monoisotopic (exact) mass is 379 g/mol. The molecule has 0 saturated heterocycles. The topological polar surface area (TPSA) is 168 Å². The van der Waals surface area contributed by atoms with Crippen molar-refractivity contribution in [2.45, 2.75) is 50.4 Å². The van der Waals surface area contributed by atoms with Crippen LogP contribution in [0.5, 0.6) is 0 Å². The first-order chi connectivity index (χ1) is 11.6. The highest BCUT2D eigenvalue weighted by Crippen LogP contribution is 2.02. The number of carbonyl (C=O) groups is 4. The second-order valence-electron chi connectivity index (χ2n) is 5.40. The lowest BCUT2D eigenvalue weighted by Gasteiger charge is -2.23. The number of hydrogen-bond donors (Lipinski definition) is 6. The fraction of sp³-hybridized carbons (Fsp3) is 0.714. The molecule has 0 aromatic rings. The lowest BCUT2D eigenvalue weighted by atomic mass is 10.1. The summed E-state index contributed by atoms with van der Waals surface area (Å²) in [5.41, 5.74) is 5.33. The van der Waals surface area contributed by atoms with E-state index in [1.165, 1.54) is 14.0 Å². The summed E-state index contributed by atoms with van der Waals surface area (Å²) in [6.07, 6.45) is -0.434. The van der Waals surface area contributed by atoms with Gasteiger partial charge in [-0.3, -0.25) is 14.4 Å². The van der Waals surface area contributed by atoms with Crippen LogP contribution in [0.4, 0.5) is 0 Å². The summed E-state index contributed by atoms with van der Waals surface area (Å²) in [5.74, 6) is -3.66. The first kappa shape index (κ1) is 23.1. The molecule has 0 fully saturated rings. The van der Waals surface area contributed by atoms with Crippen molar-refractivity contribution in [1.82, 2.24) is 10.6 Å². The van der Waals surface area contributed by atoms with Gasteiger partial charge in [0, 0.05) is 19.3 Å². The molecule has 6 N–H and O–H groups in total. The average molecular weight is 379 g/mol. The Kier molecular flexibility index (Phi) is 10.8. The number of carbonyl (C=O) groups excluding carboxylic acids is 2. The summed E-state index contributed by atoms with van der Waals surface area (Å²) in [7, 11) is 1.31. The largest absolute Gasteiger partial charge is 0.480 e. The van der Waals surface area contributed by atoms with Gasteiger partial charge in [0.2, 0.25) is 11.8 Å². The molecule has 0 heterocycles. The minimum atomic E-state index is -1.27.